The molecule has 22 heavy (non-hydrogen) atoms. The molecule has 114 valence electrons. The summed E-state index contributed by atoms with van der Waals surface area (Å²) in [4.78, 5) is 16.1. The van der Waals surface area contributed by atoms with Crippen LogP contribution in [0, 0.1) is 0 Å². The largest absolute Gasteiger partial charge is 0.359 e. The molecule has 4 nitrogen and oxygen atoms in total. The highest BCUT2D eigenvalue weighted by atomic mass is 32.1. The second-order valence-corrected chi connectivity index (χ2v) is 6.94. The fourth-order valence-corrected chi connectivity index (χ4v) is 4.06. The summed E-state index contributed by atoms with van der Waals surface area (Å²) >= 11 is 1.68. The molecule has 0 bridgehead atoms. The Balaban J connectivity index is 1.54. The van der Waals surface area contributed by atoms with E-state index in [9.17, 15) is 4.79 Å². The van der Waals surface area contributed by atoms with Gasteiger partial charge in [0.1, 0.15) is 0 Å². The zero-order valence-electron chi connectivity index (χ0n) is 12.4. The van der Waals surface area contributed by atoms with E-state index in [1.807, 2.05) is 12.1 Å². The predicted molar refractivity (Wildman–Crippen MR) is 90.4 cm³/mol. The molecule has 2 aromatic rings. The second kappa shape index (κ2) is 5.72. The average molecular weight is 313 g/mol. The van der Waals surface area contributed by atoms with Crippen molar-refractivity contribution >= 4 is 28.1 Å². The maximum Gasteiger partial charge on any atom is 0.224 e. The highest BCUT2D eigenvalue weighted by Crippen LogP contribution is 2.31. The van der Waals surface area contributed by atoms with E-state index in [1.54, 1.807) is 11.3 Å². The summed E-state index contributed by atoms with van der Waals surface area (Å²) in [6.45, 7) is 0. The Morgan fingerprint density at radius 3 is 2.95 bits per heavy atom. The van der Waals surface area contributed by atoms with E-state index in [-0.39, 0.29) is 5.91 Å². The molecule has 1 aromatic heterocycles. The number of rotatable bonds is 3. The van der Waals surface area contributed by atoms with Gasteiger partial charge >= 0.3 is 0 Å². The van der Waals surface area contributed by atoms with Crippen LogP contribution >= 0.6 is 11.3 Å². The minimum atomic E-state index is 0.108. The number of aryl methyl sites for hydroxylation is 1. The summed E-state index contributed by atoms with van der Waals surface area (Å²) in [5.41, 5.74) is 4.30. The van der Waals surface area contributed by atoms with Gasteiger partial charge in [-0.3, -0.25) is 4.79 Å². The van der Waals surface area contributed by atoms with E-state index in [0.29, 0.717) is 12.5 Å². The third-order valence-electron chi connectivity index (χ3n) is 4.48. The van der Waals surface area contributed by atoms with E-state index < -0.39 is 0 Å². The topological polar surface area (TPSA) is 54.0 Å². The van der Waals surface area contributed by atoms with Crippen LogP contribution in [0.3, 0.4) is 0 Å². The number of carbonyl (C=O) groups excluding carboxylic acids is 1. The molecular weight excluding hydrogens is 294 g/mol. The van der Waals surface area contributed by atoms with Gasteiger partial charge in [-0.05, 0) is 37.0 Å². The lowest BCUT2D eigenvalue weighted by molar-refractivity contribution is -0.116. The monoisotopic (exact) mass is 313 g/mol. The SMILES string of the molecule is O=C1CCc2cc(-c3csc(NC4CCCC4)n3)ccc2N1. The standard InChI is InChI=1S/C17H19N3OS/c21-16-8-6-11-9-12(5-7-14(11)19-16)15-10-22-17(20-15)18-13-3-1-2-4-13/h5,7,9-10,13H,1-4,6,8H2,(H,18,20)(H,19,21). The van der Waals surface area contributed by atoms with E-state index in [4.69, 9.17) is 4.98 Å². The lowest BCUT2D eigenvalue weighted by Crippen LogP contribution is -2.18. The number of nitrogens with zero attached hydrogens (tertiary/aromatic N) is 1. The van der Waals surface area contributed by atoms with Crippen molar-refractivity contribution in [1.82, 2.24) is 4.98 Å². The van der Waals surface area contributed by atoms with Gasteiger partial charge in [0, 0.05) is 29.1 Å². The fourth-order valence-electron chi connectivity index (χ4n) is 3.26. The van der Waals surface area contributed by atoms with E-state index in [0.717, 1.165) is 28.5 Å². The van der Waals surface area contributed by atoms with Crippen LogP contribution in [0.1, 0.15) is 37.7 Å². The summed E-state index contributed by atoms with van der Waals surface area (Å²) in [7, 11) is 0. The average Bonchev–Trinajstić information content (AvgIpc) is 3.19. The van der Waals surface area contributed by atoms with Crippen molar-refractivity contribution in [2.75, 3.05) is 10.6 Å². The van der Waals surface area contributed by atoms with Gasteiger partial charge in [0.2, 0.25) is 5.91 Å². The quantitative estimate of drug-likeness (QED) is 0.899. The molecule has 1 aliphatic carbocycles. The Hall–Kier alpha value is -1.88. The van der Waals surface area contributed by atoms with Gasteiger partial charge < -0.3 is 10.6 Å². The molecule has 1 saturated carbocycles. The molecule has 5 heteroatoms. The van der Waals surface area contributed by atoms with Crippen molar-refractivity contribution in [2.45, 2.75) is 44.6 Å². The molecule has 2 N–H and O–H groups in total. The minimum absolute atomic E-state index is 0.108. The van der Waals surface area contributed by atoms with Gasteiger partial charge in [-0.15, -0.1) is 11.3 Å². The third-order valence-corrected chi connectivity index (χ3v) is 5.26. The molecule has 1 aromatic carbocycles. The van der Waals surface area contributed by atoms with Crippen molar-refractivity contribution in [2.24, 2.45) is 0 Å². The van der Waals surface area contributed by atoms with Crippen molar-refractivity contribution in [1.29, 1.82) is 0 Å². The predicted octanol–water partition coefficient (Wildman–Crippen LogP) is 4.05. The summed E-state index contributed by atoms with van der Waals surface area (Å²) in [6.07, 6.45) is 6.55. The number of hydrogen-bond acceptors (Lipinski definition) is 4. The second-order valence-electron chi connectivity index (χ2n) is 6.08. The number of aromatic nitrogens is 1. The number of carbonyl (C=O) groups is 1. The number of nitrogens with one attached hydrogen (secondary N) is 2. The van der Waals surface area contributed by atoms with Crippen LogP contribution in [0.15, 0.2) is 23.6 Å². The number of hydrogen-bond donors (Lipinski definition) is 2. The zero-order chi connectivity index (χ0) is 14.9. The van der Waals surface area contributed by atoms with Crippen molar-refractivity contribution in [3.8, 4) is 11.3 Å². The number of amides is 1. The Kier molecular flexibility index (Phi) is 3.58. The highest BCUT2D eigenvalue weighted by Gasteiger charge is 2.18. The van der Waals surface area contributed by atoms with E-state index in [1.165, 1.54) is 31.2 Å². The van der Waals surface area contributed by atoms with Gasteiger partial charge in [-0.1, -0.05) is 18.9 Å². The molecule has 0 atom stereocenters. The molecule has 1 fully saturated rings. The van der Waals surface area contributed by atoms with Crippen LogP contribution < -0.4 is 10.6 Å². The van der Waals surface area contributed by atoms with Crippen molar-refractivity contribution in [3.05, 3.63) is 29.1 Å². The molecule has 1 aliphatic heterocycles. The van der Waals surface area contributed by atoms with Crippen LogP contribution in [0.5, 0.6) is 0 Å². The van der Waals surface area contributed by atoms with Crippen LogP contribution in [0.25, 0.3) is 11.3 Å². The zero-order valence-corrected chi connectivity index (χ0v) is 13.2. The van der Waals surface area contributed by atoms with Crippen molar-refractivity contribution < 1.29 is 4.79 Å². The first-order valence-electron chi connectivity index (χ1n) is 7.93. The molecule has 4 rings (SSSR count). The molecular formula is C17H19N3OS. The molecule has 0 radical (unpaired) electrons. The maximum atomic E-state index is 11.4. The van der Waals surface area contributed by atoms with E-state index >= 15 is 0 Å². The normalized spacial score (nSPS) is 18.1. The smallest absolute Gasteiger partial charge is 0.224 e. The van der Waals surface area contributed by atoms with Crippen molar-refractivity contribution in [3.63, 3.8) is 0 Å². The molecule has 0 spiro atoms. The molecule has 2 aliphatic rings. The molecule has 1 amide bonds. The fraction of sp³-hybridized carbons (Fsp3) is 0.412. The summed E-state index contributed by atoms with van der Waals surface area (Å²) in [5.74, 6) is 0.108. The lowest BCUT2D eigenvalue weighted by atomic mass is 9.99. The molecule has 0 saturated heterocycles. The van der Waals surface area contributed by atoms with E-state index in [2.05, 4.69) is 22.1 Å². The van der Waals surface area contributed by atoms with Gasteiger partial charge in [-0.2, -0.15) is 0 Å². The van der Waals surface area contributed by atoms with Gasteiger partial charge in [0.15, 0.2) is 5.13 Å². The Labute approximate surface area is 134 Å². The van der Waals surface area contributed by atoms with Gasteiger partial charge in [0.25, 0.3) is 0 Å². The third kappa shape index (κ3) is 2.73. The minimum Gasteiger partial charge on any atom is -0.359 e. The van der Waals surface area contributed by atoms with Gasteiger partial charge in [-0.25, -0.2) is 4.98 Å². The molecule has 0 unspecified atom stereocenters. The Bertz CT molecular complexity index is 704. The Morgan fingerprint density at radius 1 is 1.23 bits per heavy atom. The number of fused-ring (bicyclic) bond motifs is 1. The highest BCUT2D eigenvalue weighted by molar-refractivity contribution is 7.14. The Morgan fingerprint density at radius 2 is 2.09 bits per heavy atom. The number of thiazole rings is 1. The van der Waals surface area contributed by atoms with Gasteiger partial charge in [0.05, 0.1) is 5.69 Å². The summed E-state index contributed by atoms with van der Waals surface area (Å²) in [5, 5.41) is 9.61. The van der Waals surface area contributed by atoms with Crippen LogP contribution in [-0.2, 0) is 11.2 Å². The first kappa shape index (κ1) is 13.8. The maximum absolute atomic E-state index is 11.4. The summed E-state index contributed by atoms with van der Waals surface area (Å²) in [6, 6.07) is 6.78. The first-order chi connectivity index (χ1) is 10.8. The van der Waals surface area contributed by atoms with Crippen LogP contribution in [0.4, 0.5) is 10.8 Å². The molecule has 2 heterocycles. The van der Waals surface area contributed by atoms with Crippen LogP contribution in [0.2, 0.25) is 0 Å². The first-order valence-corrected chi connectivity index (χ1v) is 8.81. The van der Waals surface area contributed by atoms with Crippen LogP contribution in [-0.4, -0.2) is 16.9 Å². The number of benzene rings is 1. The lowest BCUT2D eigenvalue weighted by Gasteiger charge is -2.17. The number of anilines is 2. The summed E-state index contributed by atoms with van der Waals surface area (Å²) < 4.78 is 0.